The van der Waals surface area contributed by atoms with Crippen molar-refractivity contribution in [2.45, 2.75) is 56.8 Å². The SMILES string of the molecule is C[C@@H](O)[C@H](N)C(=O)N[C@@H](CCCCN)C(=O)N[C@@H](Cc1c[nH]c2ccccc12)C(=O)O. The van der Waals surface area contributed by atoms with Gasteiger partial charge in [0.15, 0.2) is 0 Å². The number of carboxylic acids is 1. The minimum Gasteiger partial charge on any atom is -0.480 e. The normalized spacial score (nSPS) is 15.1. The number of aliphatic hydroxyl groups excluding tert-OH is 1. The third-order valence-electron chi connectivity index (χ3n) is 5.12. The third kappa shape index (κ3) is 6.78. The molecule has 170 valence electrons. The molecule has 0 aliphatic rings. The van der Waals surface area contributed by atoms with Gasteiger partial charge in [-0.25, -0.2) is 4.79 Å². The van der Waals surface area contributed by atoms with Gasteiger partial charge in [0.2, 0.25) is 11.8 Å². The summed E-state index contributed by atoms with van der Waals surface area (Å²) >= 11 is 0. The maximum absolute atomic E-state index is 12.8. The monoisotopic (exact) mass is 433 g/mol. The zero-order valence-electron chi connectivity index (χ0n) is 17.5. The standard InChI is InChI=1S/C21H31N5O5/c1-12(27)18(23)20(29)25-16(8-4-5-9-22)19(28)26-17(21(30)31)10-13-11-24-15-7-3-2-6-14(13)15/h2-3,6-7,11-12,16-18,24,27H,4-5,8-10,22-23H2,1H3,(H,25,29)(H,26,28)(H,30,31)/t12-,16+,17+,18+/m1/s1. The molecular weight excluding hydrogens is 402 g/mol. The van der Waals surface area contributed by atoms with E-state index in [4.69, 9.17) is 11.5 Å². The van der Waals surface area contributed by atoms with Gasteiger partial charge in [-0.15, -0.1) is 0 Å². The average Bonchev–Trinajstić information content (AvgIpc) is 3.14. The highest BCUT2D eigenvalue weighted by Gasteiger charge is 2.29. The maximum Gasteiger partial charge on any atom is 0.326 e. The number of H-pyrrole nitrogens is 1. The lowest BCUT2D eigenvalue weighted by Crippen LogP contribution is -2.56. The number of aromatic nitrogens is 1. The average molecular weight is 434 g/mol. The van der Waals surface area contributed by atoms with Crippen LogP contribution >= 0.6 is 0 Å². The number of carbonyl (C=O) groups is 3. The van der Waals surface area contributed by atoms with Crippen LogP contribution in [-0.4, -0.2) is 63.8 Å². The molecular formula is C21H31N5O5. The summed E-state index contributed by atoms with van der Waals surface area (Å²) in [5.41, 5.74) is 12.8. The summed E-state index contributed by atoms with van der Waals surface area (Å²) < 4.78 is 0. The number of amides is 2. The van der Waals surface area contributed by atoms with Crippen LogP contribution in [0.5, 0.6) is 0 Å². The zero-order valence-corrected chi connectivity index (χ0v) is 17.5. The van der Waals surface area contributed by atoms with Crippen LogP contribution < -0.4 is 22.1 Å². The molecule has 0 saturated heterocycles. The molecule has 0 aliphatic heterocycles. The fraction of sp³-hybridized carbons (Fsp3) is 0.476. The highest BCUT2D eigenvalue weighted by atomic mass is 16.4. The van der Waals surface area contributed by atoms with Crippen LogP contribution in [0, 0.1) is 0 Å². The molecule has 2 aromatic rings. The van der Waals surface area contributed by atoms with Gasteiger partial charge in [0.25, 0.3) is 0 Å². The second-order valence-electron chi connectivity index (χ2n) is 7.58. The van der Waals surface area contributed by atoms with E-state index in [1.807, 2.05) is 24.3 Å². The molecule has 0 saturated carbocycles. The molecule has 1 aromatic carbocycles. The van der Waals surface area contributed by atoms with Crippen molar-refractivity contribution < 1.29 is 24.6 Å². The molecule has 10 heteroatoms. The van der Waals surface area contributed by atoms with E-state index < -0.39 is 42.0 Å². The lowest BCUT2D eigenvalue weighted by molar-refractivity contribution is -0.142. The van der Waals surface area contributed by atoms with Crippen LogP contribution in [0.4, 0.5) is 0 Å². The number of nitrogens with two attached hydrogens (primary N) is 2. The number of hydrogen-bond acceptors (Lipinski definition) is 6. The van der Waals surface area contributed by atoms with Crippen LogP contribution in [0.2, 0.25) is 0 Å². The van der Waals surface area contributed by atoms with E-state index in [1.165, 1.54) is 6.92 Å². The number of benzene rings is 1. The number of carbonyl (C=O) groups excluding carboxylic acids is 2. The van der Waals surface area contributed by atoms with Gasteiger partial charge in [-0.3, -0.25) is 9.59 Å². The Morgan fingerprint density at radius 1 is 1.10 bits per heavy atom. The van der Waals surface area contributed by atoms with Crippen LogP contribution in [0.25, 0.3) is 10.9 Å². The van der Waals surface area contributed by atoms with E-state index in [0.717, 1.165) is 16.5 Å². The zero-order chi connectivity index (χ0) is 23.0. The van der Waals surface area contributed by atoms with Crippen LogP contribution in [0.1, 0.15) is 31.7 Å². The van der Waals surface area contributed by atoms with Crippen molar-refractivity contribution in [1.29, 1.82) is 0 Å². The Morgan fingerprint density at radius 2 is 1.77 bits per heavy atom. The number of para-hydroxylation sites is 1. The van der Waals surface area contributed by atoms with Gasteiger partial charge in [-0.1, -0.05) is 18.2 Å². The molecule has 4 atom stereocenters. The number of hydrogen-bond donors (Lipinski definition) is 7. The third-order valence-corrected chi connectivity index (χ3v) is 5.12. The van der Waals surface area contributed by atoms with Crippen LogP contribution in [0.3, 0.4) is 0 Å². The van der Waals surface area contributed by atoms with E-state index in [2.05, 4.69) is 15.6 Å². The number of rotatable bonds is 12. The quantitative estimate of drug-likeness (QED) is 0.222. The largest absolute Gasteiger partial charge is 0.480 e. The van der Waals surface area contributed by atoms with Crippen LogP contribution in [0.15, 0.2) is 30.5 Å². The fourth-order valence-corrected chi connectivity index (χ4v) is 3.24. The molecule has 10 nitrogen and oxygen atoms in total. The lowest BCUT2D eigenvalue weighted by Gasteiger charge is -2.23. The molecule has 0 aliphatic carbocycles. The Bertz CT molecular complexity index is 897. The molecule has 1 aromatic heterocycles. The van der Waals surface area contributed by atoms with Crippen LogP contribution in [-0.2, 0) is 20.8 Å². The molecule has 2 amide bonds. The predicted molar refractivity (Wildman–Crippen MR) is 116 cm³/mol. The van der Waals surface area contributed by atoms with Gasteiger partial charge in [-0.2, -0.15) is 0 Å². The number of unbranched alkanes of at least 4 members (excludes halogenated alkanes) is 1. The second kappa shape index (κ2) is 11.4. The summed E-state index contributed by atoms with van der Waals surface area (Å²) in [6, 6.07) is 4.08. The summed E-state index contributed by atoms with van der Waals surface area (Å²) in [5, 5.41) is 25.1. The predicted octanol–water partition coefficient (Wildman–Crippen LogP) is -0.398. The Hall–Kier alpha value is -2.95. The van der Waals surface area contributed by atoms with Crippen molar-refractivity contribution in [2.75, 3.05) is 6.54 Å². The summed E-state index contributed by atoms with van der Waals surface area (Å²) in [6.07, 6.45) is 2.15. The lowest BCUT2D eigenvalue weighted by atomic mass is 10.0. The van der Waals surface area contributed by atoms with E-state index in [0.29, 0.717) is 19.4 Å². The molecule has 2 rings (SSSR count). The first-order valence-corrected chi connectivity index (χ1v) is 10.3. The highest BCUT2D eigenvalue weighted by Crippen LogP contribution is 2.19. The second-order valence-corrected chi connectivity index (χ2v) is 7.58. The van der Waals surface area contributed by atoms with Crippen molar-refractivity contribution >= 4 is 28.7 Å². The van der Waals surface area contributed by atoms with Gasteiger partial charge in [-0.05, 0) is 44.4 Å². The Kier molecular flexibility index (Phi) is 8.98. The van der Waals surface area contributed by atoms with Gasteiger partial charge in [0.1, 0.15) is 18.1 Å². The number of aliphatic hydroxyl groups is 1. The summed E-state index contributed by atoms with van der Waals surface area (Å²) in [4.78, 5) is 40.0. The van der Waals surface area contributed by atoms with E-state index in [1.54, 1.807) is 6.20 Å². The summed E-state index contributed by atoms with van der Waals surface area (Å²) in [7, 11) is 0. The Balaban J connectivity index is 2.13. The minimum atomic E-state index is -1.20. The van der Waals surface area contributed by atoms with Crippen molar-refractivity contribution in [3.63, 3.8) is 0 Å². The fourth-order valence-electron chi connectivity index (χ4n) is 3.24. The smallest absolute Gasteiger partial charge is 0.326 e. The highest BCUT2D eigenvalue weighted by molar-refractivity contribution is 5.92. The number of nitrogens with one attached hydrogen (secondary N) is 3. The summed E-state index contributed by atoms with van der Waals surface area (Å²) in [5.74, 6) is -2.51. The Labute approximate surface area is 180 Å². The summed E-state index contributed by atoms with van der Waals surface area (Å²) in [6.45, 7) is 1.79. The molecule has 0 spiro atoms. The molecule has 31 heavy (non-hydrogen) atoms. The molecule has 9 N–H and O–H groups in total. The van der Waals surface area contributed by atoms with Gasteiger partial charge >= 0.3 is 5.97 Å². The topological polar surface area (TPSA) is 184 Å². The first kappa shape index (κ1) is 24.3. The number of aromatic amines is 1. The van der Waals surface area contributed by atoms with E-state index >= 15 is 0 Å². The number of aliphatic carboxylic acids is 1. The van der Waals surface area contributed by atoms with Gasteiger partial charge in [0, 0.05) is 23.5 Å². The molecule has 0 bridgehead atoms. The van der Waals surface area contributed by atoms with Crippen molar-refractivity contribution in [2.24, 2.45) is 11.5 Å². The first-order valence-electron chi connectivity index (χ1n) is 10.3. The van der Waals surface area contributed by atoms with Crippen molar-refractivity contribution in [1.82, 2.24) is 15.6 Å². The molecule has 0 fully saturated rings. The number of fused-ring (bicyclic) bond motifs is 1. The van der Waals surface area contributed by atoms with E-state index in [9.17, 15) is 24.6 Å². The maximum atomic E-state index is 12.8. The minimum absolute atomic E-state index is 0.0712. The van der Waals surface area contributed by atoms with Crippen molar-refractivity contribution in [3.8, 4) is 0 Å². The van der Waals surface area contributed by atoms with Gasteiger partial charge < -0.3 is 37.3 Å². The van der Waals surface area contributed by atoms with Crippen molar-refractivity contribution in [3.05, 3.63) is 36.0 Å². The number of carboxylic acid groups (broad SMARTS) is 1. The first-order chi connectivity index (χ1) is 14.7. The van der Waals surface area contributed by atoms with Gasteiger partial charge in [0.05, 0.1) is 6.10 Å². The van der Waals surface area contributed by atoms with E-state index in [-0.39, 0.29) is 12.8 Å². The molecule has 0 radical (unpaired) electrons. The molecule has 1 heterocycles. The Morgan fingerprint density at radius 3 is 2.42 bits per heavy atom. The molecule has 0 unspecified atom stereocenters.